The second-order valence-corrected chi connectivity index (χ2v) is 8.44. The van der Waals surface area contributed by atoms with Gasteiger partial charge in [-0.2, -0.15) is 4.98 Å². The number of hydrogen-bond donors (Lipinski definition) is 0. The van der Waals surface area contributed by atoms with Crippen LogP contribution in [0.15, 0.2) is 27.2 Å². The van der Waals surface area contributed by atoms with Gasteiger partial charge in [0.1, 0.15) is 0 Å². The van der Waals surface area contributed by atoms with Gasteiger partial charge in [-0.3, -0.25) is 4.79 Å². The van der Waals surface area contributed by atoms with Crippen LogP contribution in [0.3, 0.4) is 0 Å². The standard InChI is InChI=1S/C18H22N6O2S2/c1-2-24-14(11-23-9-5-3-4-8-16(23)25)20-21-18(24)28-12-15-19-17(22-26-15)13-7-6-10-27-13/h6-7,10H,2-5,8-9,11-12H2,1H3. The molecule has 1 fully saturated rings. The second kappa shape index (κ2) is 8.87. The number of hydrogen-bond acceptors (Lipinski definition) is 8. The zero-order valence-corrected chi connectivity index (χ0v) is 17.3. The van der Waals surface area contributed by atoms with Crippen LogP contribution in [0.4, 0.5) is 0 Å². The monoisotopic (exact) mass is 418 g/mol. The zero-order valence-electron chi connectivity index (χ0n) is 15.7. The minimum atomic E-state index is 0.212. The van der Waals surface area contributed by atoms with Gasteiger partial charge >= 0.3 is 0 Å². The van der Waals surface area contributed by atoms with Gasteiger partial charge < -0.3 is 14.0 Å². The lowest BCUT2D eigenvalue weighted by atomic mass is 10.2. The minimum absolute atomic E-state index is 0.212. The molecule has 0 aromatic carbocycles. The molecule has 28 heavy (non-hydrogen) atoms. The number of thioether (sulfide) groups is 1. The van der Waals surface area contributed by atoms with Crippen LogP contribution in [0, 0.1) is 0 Å². The Bertz CT molecular complexity index is 921. The van der Waals surface area contributed by atoms with Gasteiger partial charge in [-0.15, -0.1) is 21.5 Å². The molecular formula is C18H22N6O2S2. The molecule has 1 amide bonds. The highest BCUT2D eigenvalue weighted by Crippen LogP contribution is 2.25. The lowest BCUT2D eigenvalue weighted by Gasteiger charge is -2.20. The third kappa shape index (κ3) is 4.27. The van der Waals surface area contributed by atoms with Crippen LogP contribution in [0.1, 0.15) is 44.3 Å². The first-order valence-corrected chi connectivity index (χ1v) is 11.3. The number of rotatable bonds is 7. The van der Waals surface area contributed by atoms with Crippen molar-refractivity contribution in [3.8, 4) is 10.7 Å². The van der Waals surface area contributed by atoms with Crippen molar-refractivity contribution in [1.29, 1.82) is 0 Å². The Balaban J connectivity index is 1.42. The maximum atomic E-state index is 12.3. The Hall–Kier alpha value is -2.20. The van der Waals surface area contributed by atoms with E-state index in [0.29, 0.717) is 30.4 Å². The molecule has 4 heterocycles. The van der Waals surface area contributed by atoms with Gasteiger partial charge in [0.15, 0.2) is 11.0 Å². The molecule has 0 atom stereocenters. The van der Waals surface area contributed by atoms with Gasteiger partial charge in [-0.25, -0.2) is 0 Å². The third-order valence-corrected chi connectivity index (χ3v) is 6.47. The van der Waals surface area contributed by atoms with E-state index in [4.69, 9.17) is 4.52 Å². The number of thiophene rings is 1. The first-order valence-electron chi connectivity index (χ1n) is 9.43. The average Bonchev–Trinajstić information content (AvgIpc) is 3.42. The lowest BCUT2D eigenvalue weighted by molar-refractivity contribution is -0.131. The zero-order chi connectivity index (χ0) is 19.3. The van der Waals surface area contributed by atoms with Gasteiger partial charge in [0.2, 0.25) is 17.6 Å². The van der Waals surface area contributed by atoms with Crippen molar-refractivity contribution >= 4 is 29.0 Å². The fourth-order valence-corrected chi connectivity index (χ4v) is 4.69. The maximum Gasteiger partial charge on any atom is 0.237 e. The molecule has 1 aliphatic rings. The first-order chi connectivity index (χ1) is 13.7. The molecule has 3 aromatic heterocycles. The summed E-state index contributed by atoms with van der Waals surface area (Å²) >= 11 is 3.10. The van der Waals surface area contributed by atoms with E-state index in [0.717, 1.165) is 48.2 Å². The number of carbonyl (C=O) groups excluding carboxylic acids is 1. The van der Waals surface area contributed by atoms with Crippen LogP contribution < -0.4 is 0 Å². The molecule has 0 unspecified atom stereocenters. The van der Waals surface area contributed by atoms with E-state index in [2.05, 4.69) is 31.8 Å². The Morgan fingerprint density at radius 2 is 2.21 bits per heavy atom. The fraction of sp³-hybridized carbons (Fsp3) is 0.500. The van der Waals surface area contributed by atoms with Crippen molar-refractivity contribution < 1.29 is 9.32 Å². The normalized spacial score (nSPS) is 15.2. The van der Waals surface area contributed by atoms with Crippen LogP contribution in [0.5, 0.6) is 0 Å². The number of carbonyl (C=O) groups is 1. The van der Waals surface area contributed by atoms with E-state index in [1.165, 1.54) is 11.8 Å². The summed E-state index contributed by atoms with van der Waals surface area (Å²) in [5.74, 6) is 2.74. The second-order valence-electron chi connectivity index (χ2n) is 6.55. The Labute approximate surface area is 171 Å². The summed E-state index contributed by atoms with van der Waals surface area (Å²) in [7, 11) is 0. The largest absolute Gasteiger partial charge is 0.338 e. The van der Waals surface area contributed by atoms with Gasteiger partial charge in [0.25, 0.3) is 0 Å². The van der Waals surface area contributed by atoms with Crippen LogP contribution >= 0.6 is 23.1 Å². The van der Waals surface area contributed by atoms with E-state index >= 15 is 0 Å². The highest BCUT2D eigenvalue weighted by Gasteiger charge is 2.21. The molecule has 0 spiro atoms. The smallest absolute Gasteiger partial charge is 0.237 e. The summed E-state index contributed by atoms with van der Waals surface area (Å²) in [6, 6.07) is 3.93. The first kappa shape index (κ1) is 19.1. The van der Waals surface area contributed by atoms with E-state index in [-0.39, 0.29) is 5.91 Å². The van der Waals surface area contributed by atoms with Gasteiger partial charge in [-0.1, -0.05) is 29.4 Å². The number of nitrogens with zero attached hydrogens (tertiary/aromatic N) is 6. The molecule has 148 valence electrons. The highest BCUT2D eigenvalue weighted by molar-refractivity contribution is 7.98. The van der Waals surface area contributed by atoms with E-state index < -0.39 is 0 Å². The minimum Gasteiger partial charge on any atom is -0.338 e. The summed E-state index contributed by atoms with van der Waals surface area (Å²) in [6.45, 7) is 4.12. The van der Waals surface area contributed by atoms with Crippen molar-refractivity contribution in [2.75, 3.05) is 6.54 Å². The Morgan fingerprint density at radius 3 is 3.04 bits per heavy atom. The molecule has 0 aliphatic carbocycles. The number of aromatic nitrogens is 5. The molecule has 0 bridgehead atoms. The predicted octanol–water partition coefficient (Wildman–Crippen LogP) is 3.60. The van der Waals surface area contributed by atoms with Gasteiger partial charge in [0.05, 0.1) is 17.2 Å². The van der Waals surface area contributed by atoms with E-state index in [1.54, 1.807) is 11.3 Å². The summed E-state index contributed by atoms with van der Waals surface area (Å²) in [4.78, 5) is 19.6. The highest BCUT2D eigenvalue weighted by atomic mass is 32.2. The third-order valence-electron chi connectivity index (χ3n) is 4.65. The molecule has 8 nitrogen and oxygen atoms in total. The number of likely N-dealkylation sites (tertiary alicyclic amines) is 1. The van der Waals surface area contributed by atoms with Crippen molar-refractivity contribution in [3.05, 3.63) is 29.2 Å². The van der Waals surface area contributed by atoms with Gasteiger partial charge in [0, 0.05) is 19.5 Å². The Kier molecular flexibility index (Phi) is 6.06. The molecule has 10 heteroatoms. The molecular weight excluding hydrogens is 396 g/mol. The van der Waals surface area contributed by atoms with Crippen LogP contribution in [0.2, 0.25) is 0 Å². The van der Waals surface area contributed by atoms with Crippen molar-refractivity contribution in [3.63, 3.8) is 0 Å². The number of amides is 1. The van der Waals surface area contributed by atoms with E-state index in [1.807, 2.05) is 22.4 Å². The predicted molar refractivity (Wildman–Crippen MR) is 107 cm³/mol. The molecule has 0 N–H and O–H groups in total. The van der Waals surface area contributed by atoms with Crippen molar-refractivity contribution in [1.82, 2.24) is 29.8 Å². The molecule has 0 radical (unpaired) electrons. The van der Waals surface area contributed by atoms with Crippen LogP contribution in [0.25, 0.3) is 10.7 Å². The molecule has 1 saturated heterocycles. The van der Waals surface area contributed by atoms with Crippen LogP contribution in [-0.2, 0) is 23.6 Å². The van der Waals surface area contributed by atoms with Crippen LogP contribution in [-0.4, -0.2) is 42.3 Å². The van der Waals surface area contributed by atoms with Crippen molar-refractivity contribution in [2.45, 2.75) is 56.6 Å². The Morgan fingerprint density at radius 1 is 1.29 bits per heavy atom. The molecule has 0 saturated carbocycles. The molecule has 3 aromatic rings. The summed E-state index contributed by atoms with van der Waals surface area (Å²) in [5, 5.41) is 15.5. The maximum absolute atomic E-state index is 12.3. The topological polar surface area (TPSA) is 89.9 Å². The molecule has 4 rings (SSSR count). The molecule has 1 aliphatic heterocycles. The van der Waals surface area contributed by atoms with E-state index in [9.17, 15) is 4.79 Å². The average molecular weight is 419 g/mol. The quantitative estimate of drug-likeness (QED) is 0.541. The summed E-state index contributed by atoms with van der Waals surface area (Å²) < 4.78 is 7.41. The van der Waals surface area contributed by atoms with Crippen molar-refractivity contribution in [2.24, 2.45) is 0 Å². The lowest BCUT2D eigenvalue weighted by Crippen LogP contribution is -2.31. The summed E-state index contributed by atoms with van der Waals surface area (Å²) in [5.41, 5.74) is 0. The SMILES string of the molecule is CCn1c(CN2CCCCCC2=O)nnc1SCc1nc(-c2cccs2)no1. The summed E-state index contributed by atoms with van der Waals surface area (Å²) in [6.07, 6.45) is 3.78. The van der Waals surface area contributed by atoms with Gasteiger partial charge in [-0.05, 0) is 31.2 Å². The fourth-order valence-electron chi connectivity index (χ4n) is 3.18.